The summed E-state index contributed by atoms with van der Waals surface area (Å²) in [6, 6.07) is 9.37. The van der Waals surface area contributed by atoms with E-state index in [0.717, 1.165) is 4.90 Å². The van der Waals surface area contributed by atoms with Crippen LogP contribution in [0.3, 0.4) is 0 Å². The highest BCUT2D eigenvalue weighted by Crippen LogP contribution is 2.38. The first-order chi connectivity index (χ1) is 8.06. The summed E-state index contributed by atoms with van der Waals surface area (Å²) in [5, 5.41) is -0.181. The highest BCUT2D eigenvalue weighted by molar-refractivity contribution is 8.04. The Morgan fingerprint density at radius 3 is 2.12 bits per heavy atom. The minimum atomic E-state index is -0.177. The minimum absolute atomic E-state index is 0.0549. The Bertz CT molecular complexity index is 468. The van der Waals surface area contributed by atoms with Gasteiger partial charge in [-0.3, -0.25) is 4.79 Å². The SMILES string of the molecule is O=C/C(Cl)=C(Cl)\C(Cl)=C(/Cl)Sc1ccccc1. The second-order valence-corrected chi connectivity index (χ2v) is 5.63. The molecule has 0 saturated carbocycles. The third-order valence-electron chi connectivity index (χ3n) is 1.63. The lowest BCUT2D eigenvalue weighted by Gasteiger charge is -2.03. The van der Waals surface area contributed by atoms with Gasteiger partial charge in [0.2, 0.25) is 0 Å². The number of carbonyl (C=O) groups is 1. The Hall–Kier alpha value is -0.120. The number of rotatable bonds is 4. The highest BCUT2D eigenvalue weighted by Gasteiger charge is 2.11. The zero-order valence-corrected chi connectivity index (χ0v) is 12.1. The van der Waals surface area contributed by atoms with E-state index in [9.17, 15) is 4.79 Å². The van der Waals surface area contributed by atoms with E-state index in [1.165, 1.54) is 11.8 Å². The second kappa shape index (κ2) is 7.34. The molecule has 1 aromatic carbocycles. The molecule has 0 aliphatic carbocycles. The van der Waals surface area contributed by atoms with Gasteiger partial charge in [-0.2, -0.15) is 0 Å². The van der Waals surface area contributed by atoms with Gasteiger partial charge in [-0.1, -0.05) is 76.4 Å². The van der Waals surface area contributed by atoms with E-state index >= 15 is 0 Å². The fourth-order valence-corrected chi connectivity index (χ4v) is 2.54. The lowest BCUT2D eigenvalue weighted by molar-refractivity contribution is -0.104. The first kappa shape index (κ1) is 14.9. The molecular formula is C11H6Cl4OS. The largest absolute Gasteiger partial charge is 0.297 e. The van der Waals surface area contributed by atoms with E-state index in [0.29, 0.717) is 6.29 Å². The van der Waals surface area contributed by atoms with Gasteiger partial charge in [0.15, 0.2) is 6.29 Å². The number of halogens is 4. The maximum atomic E-state index is 10.4. The van der Waals surface area contributed by atoms with Gasteiger partial charge in [-0.25, -0.2) is 0 Å². The van der Waals surface area contributed by atoms with Crippen LogP contribution in [0, 0.1) is 0 Å². The highest BCUT2D eigenvalue weighted by atomic mass is 35.5. The lowest BCUT2D eigenvalue weighted by Crippen LogP contribution is -1.83. The van der Waals surface area contributed by atoms with Gasteiger partial charge in [-0.15, -0.1) is 0 Å². The minimum Gasteiger partial charge on any atom is -0.297 e. The molecule has 0 saturated heterocycles. The Morgan fingerprint density at radius 1 is 1.00 bits per heavy atom. The maximum Gasteiger partial charge on any atom is 0.162 e. The number of carbonyl (C=O) groups excluding carboxylic acids is 1. The van der Waals surface area contributed by atoms with Crippen LogP contribution in [0.25, 0.3) is 0 Å². The molecule has 0 N–H and O–H groups in total. The standard InChI is InChI=1S/C11H6Cl4OS/c12-8(6-16)9(13)10(14)11(15)17-7-4-2-1-3-5-7/h1-6H/b9-8-,11-10-. The molecule has 0 spiro atoms. The number of hydrogen-bond acceptors (Lipinski definition) is 2. The fourth-order valence-electron chi connectivity index (χ4n) is 0.880. The maximum absolute atomic E-state index is 10.4. The fraction of sp³-hybridized carbons (Fsp3) is 0. The van der Waals surface area contributed by atoms with Gasteiger partial charge in [0.1, 0.15) is 5.03 Å². The molecule has 0 atom stereocenters. The van der Waals surface area contributed by atoms with Crippen LogP contribution in [0.5, 0.6) is 0 Å². The third-order valence-corrected chi connectivity index (χ3v) is 4.39. The summed E-state index contributed by atoms with van der Waals surface area (Å²) in [5.74, 6) is 0. The van der Waals surface area contributed by atoms with Gasteiger partial charge in [0, 0.05) is 4.90 Å². The van der Waals surface area contributed by atoms with Crippen molar-refractivity contribution in [3.63, 3.8) is 0 Å². The first-order valence-electron chi connectivity index (χ1n) is 4.35. The first-order valence-corrected chi connectivity index (χ1v) is 6.68. The number of aldehydes is 1. The van der Waals surface area contributed by atoms with Crippen LogP contribution in [-0.4, -0.2) is 6.29 Å². The zero-order valence-electron chi connectivity index (χ0n) is 8.29. The van der Waals surface area contributed by atoms with E-state index in [-0.39, 0.29) is 19.5 Å². The molecule has 0 radical (unpaired) electrons. The van der Waals surface area contributed by atoms with Crippen molar-refractivity contribution in [3.8, 4) is 0 Å². The second-order valence-electron chi connectivity index (χ2n) is 2.78. The van der Waals surface area contributed by atoms with Crippen LogP contribution in [-0.2, 0) is 4.79 Å². The monoisotopic (exact) mass is 326 g/mol. The van der Waals surface area contributed by atoms with Crippen molar-refractivity contribution in [1.82, 2.24) is 0 Å². The van der Waals surface area contributed by atoms with Crippen molar-refractivity contribution >= 4 is 64.5 Å². The summed E-state index contributed by atoms with van der Waals surface area (Å²) >= 11 is 24.4. The predicted molar refractivity (Wildman–Crippen MR) is 75.8 cm³/mol. The van der Waals surface area contributed by atoms with Crippen LogP contribution >= 0.6 is 58.2 Å². The zero-order chi connectivity index (χ0) is 12.8. The van der Waals surface area contributed by atoms with Crippen LogP contribution in [0.15, 0.2) is 54.7 Å². The van der Waals surface area contributed by atoms with Crippen molar-refractivity contribution < 1.29 is 4.79 Å². The number of thioether (sulfide) groups is 1. The predicted octanol–water partition coefficient (Wildman–Crippen LogP) is 5.31. The average Bonchev–Trinajstić information content (AvgIpc) is 2.37. The van der Waals surface area contributed by atoms with Crippen LogP contribution in [0.4, 0.5) is 0 Å². The van der Waals surface area contributed by atoms with E-state index in [1.54, 1.807) is 0 Å². The van der Waals surface area contributed by atoms with Crippen LogP contribution in [0.2, 0.25) is 0 Å². The normalized spacial score (nSPS) is 13.9. The molecule has 90 valence electrons. The molecular weight excluding hydrogens is 322 g/mol. The quantitative estimate of drug-likeness (QED) is 0.322. The molecule has 0 aromatic heterocycles. The molecule has 0 aliphatic rings. The third kappa shape index (κ3) is 4.57. The summed E-state index contributed by atoms with van der Waals surface area (Å²) in [5.41, 5.74) is 0. The molecule has 17 heavy (non-hydrogen) atoms. The lowest BCUT2D eigenvalue weighted by atomic mass is 10.4. The van der Waals surface area contributed by atoms with Gasteiger partial charge in [0.05, 0.1) is 14.4 Å². The van der Waals surface area contributed by atoms with Crippen molar-refractivity contribution in [2.24, 2.45) is 0 Å². The number of hydrogen-bond donors (Lipinski definition) is 0. The summed E-state index contributed by atoms with van der Waals surface area (Å²) in [7, 11) is 0. The molecule has 0 heterocycles. The van der Waals surface area contributed by atoms with E-state index < -0.39 is 0 Å². The summed E-state index contributed by atoms with van der Waals surface area (Å²) in [6.07, 6.45) is 0.406. The Morgan fingerprint density at radius 2 is 1.59 bits per heavy atom. The van der Waals surface area contributed by atoms with Crippen molar-refractivity contribution in [2.75, 3.05) is 0 Å². The van der Waals surface area contributed by atoms with Crippen molar-refractivity contribution in [2.45, 2.75) is 4.90 Å². The van der Waals surface area contributed by atoms with E-state index in [2.05, 4.69) is 0 Å². The Balaban J connectivity index is 2.95. The van der Waals surface area contributed by atoms with Crippen LogP contribution in [0.1, 0.15) is 0 Å². The molecule has 0 bridgehead atoms. The molecule has 1 rings (SSSR count). The summed E-state index contributed by atoms with van der Waals surface area (Å²) < 4.78 is 0.253. The molecule has 1 aromatic rings. The Kier molecular flexibility index (Phi) is 6.45. The number of benzene rings is 1. The number of allylic oxidation sites excluding steroid dienone is 3. The van der Waals surface area contributed by atoms with Crippen molar-refractivity contribution in [3.05, 3.63) is 49.8 Å². The molecule has 0 amide bonds. The molecule has 6 heteroatoms. The smallest absolute Gasteiger partial charge is 0.162 e. The summed E-state index contributed by atoms with van der Waals surface area (Å²) in [4.78, 5) is 11.3. The van der Waals surface area contributed by atoms with Gasteiger partial charge in [0.25, 0.3) is 0 Å². The van der Waals surface area contributed by atoms with E-state index in [4.69, 9.17) is 46.4 Å². The van der Waals surface area contributed by atoms with Gasteiger partial charge >= 0.3 is 0 Å². The molecule has 0 unspecified atom stereocenters. The average molecular weight is 328 g/mol. The Labute approximate surface area is 123 Å². The molecule has 1 nitrogen and oxygen atoms in total. The van der Waals surface area contributed by atoms with E-state index in [1.807, 2.05) is 30.3 Å². The molecule has 0 aliphatic heterocycles. The topological polar surface area (TPSA) is 17.1 Å². The van der Waals surface area contributed by atoms with Gasteiger partial charge in [-0.05, 0) is 12.1 Å². The molecule has 0 fully saturated rings. The van der Waals surface area contributed by atoms with Crippen molar-refractivity contribution in [1.29, 1.82) is 0 Å². The summed E-state index contributed by atoms with van der Waals surface area (Å²) in [6.45, 7) is 0. The van der Waals surface area contributed by atoms with Crippen LogP contribution < -0.4 is 0 Å². The van der Waals surface area contributed by atoms with Gasteiger partial charge < -0.3 is 0 Å².